The molecule has 0 bridgehead atoms. The first kappa shape index (κ1) is 25.7. The molecular weight excluding hydrogens is 470 g/mol. The standard InChI is InChI=1S/C29H37N3O5/c1-3-4-8-15-30-17-10-14-29-24(27(35)32(20(2)19-33)25(29)28(30)36)23-22(37-29)13-9-16-31(26(23)34)18-21-11-6-5-7-12-21/h5-7,9-14,20,22-25,33H,3-4,8,15-19H2,1-2H3/t20-,22-,23+,24+,25?,29+/m1/s1. The van der Waals surface area contributed by atoms with Crippen molar-refractivity contribution in [2.45, 2.75) is 63.4 Å². The van der Waals surface area contributed by atoms with Gasteiger partial charge in [0.1, 0.15) is 11.6 Å². The topological polar surface area (TPSA) is 90.4 Å². The number of likely N-dealkylation sites (tertiary alicyclic amines) is 1. The van der Waals surface area contributed by atoms with Gasteiger partial charge in [0, 0.05) is 26.2 Å². The largest absolute Gasteiger partial charge is 0.394 e. The predicted molar refractivity (Wildman–Crippen MR) is 138 cm³/mol. The summed E-state index contributed by atoms with van der Waals surface area (Å²) in [4.78, 5) is 47.2. The van der Waals surface area contributed by atoms with Crippen molar-refractivity contribution in [3.8, 4) is 0 Å². The molecule has 2 saturated heterocycles. The van der Waals surface area contributed by atoms with Crippen molar-refractivity contribution in [3.63, 3.8) is 0 Å². The molecule has 1 unspecified atom stereocenters. The van der Waals surface area contributed by atoms with Gasteiger partial charge in [-0.2, -0.15) is 0 Å². The van der Waals surface area contributed by atoms with Gasteiger partial charge < -0.3 is 24.5 Å². The molecule has 2 fully saturated rings. The van der Waals surface area contributed by atoms with E-state index in [-0.39, 0.29) is 24.3 Å². The zero-order valence-corrected chi connectivity index (χ0v) is 21.7. The van der Waals surface area contributed by atoms with Crippen LogP contribution >= 0.6 is 0 Å². The summed E-state index contributed by atoms with van der Waals surface area (Å²) in [6, 6.07) is 8.29. The van der Waals surface area contributed by atoms with Gasteiger partial charge in [0.2, 0.25) is 17.7 Å². The Labute approximate surface area is 218 Å². The number of rotatable bonds is 8. The highest BCUT2D eigenvalue weighted by atomic mass is 16.5. The zero-order valence-electron chi connectivity index (χ0n) is 21.7. The molecule has 0 aromatic heterocycles. The van der Waals surface area contributed by atoms with Crippen LogP contribution in [0.1, 0.15) is 38.7 Å². The van der Waals surface area contributed by atoms with Crippen molar-refractivity contribution >= 4 is 17.7 Å². The van der Waals surface area contributed by atoms with E-state index in [2.05, 4.69) is 6.92 Å². The van der Waals surface area contributed by atoms with Gasteiger partial charge in [-0.15, -0.1) is 0 Å². The molecule has 1 N–H and O–H groups in total. The molecule has 1 aromatic rings. The van der Waals surface area contributed by atoms with E-state index in [1.54, 1.807) is 16.7 Å². The van der Waals surface area contributed by atoms with Gasteiger partial charge >= 0.3 is 0 Å². The van der Waals surface area contributed by atoms with Gasteiger partial charge in [-0.3, -0.25) is 14.4 Å². The Morgan fingerprint density at radius 1 is 1.03 bits per heavy atom. The number of hydrogen-bond acceptors (Lipinski definition) is 5. The third kappa shape index (κ3) is 4.30. The number of fused-ring (bicyclic) bond motifs is 2. The molecule has 1 aromatic carbocycles. The van der Waals surface area contributed by atoms with Crippen LogP contribution in [-0.4, -0.2) is 87.6 Å². The highest BCUT2D eigenvalue weighted by Gasteiger charge is 2.72. The smallest absolute Gasteiger partial charge is 0.249 e. The number of aliphatic hydroxyl groups is 1. The molecule has 0 saturated carbocycles. The van der Waals surface area contributed by atoms with E-state index < -0.39 is 35.6 Å². The summed E-state index contributed by atoms with van der Waals surface area (Å²) in [6.45, 7) is 5.47. The Morgan fingerprint density at radius 2 is 1.78 bits per heavy atom. The van der Waals surface area contributed by atoms with Crippen LogP contribution in [-0.2, 0) is 25.7 Å². The van der Waals surface area contributed by atoms with Crippen LogP contribution in [0.3, 0.4) is 0 Å². The van der Waals surface area contributed by atoms with Crippen LogP contribution in [0.2, 0.25) is 0 Å². The van der Waals surface area contributed by atoms with E-state index in [1.807, 2.05) is 54.6 Å². The van der Waals surface area contributed by atoms with Gasteiger partial charge in [-0.25, -0.2) is 0 Å². The summed E-state index contributed by atoms with van der Waals surface area (Å²) < 4.78 is 6.64. The Bertz CT molecular complexity index is 1090. The number of carbonyl (C=O) groups is 3. The lowest BCUT2D eigenvalue weighted by molar-refractivity contribution is -0.151. The number of benzene rings is 1. The minimum atomic E-state index is -1.25. The molecule has 4 aliphatic heterocycles. The van der Waals surface area contributed by atoms with Crippen molar-refractivity contribution in [1.29, 1.82) is 0 Å². The van der Waals surface area contributed by atoms with E-state index in [0.717, 1.165) is 24.8 Å². The first-order valence-corrected chi connectivity index (χ1v) is 13.5. The van der Waals surface area contributed by atoms with E-state index >= 15 is 0 Å². The Kier molecular flexibility index (Phi) is 7.23. The molecular formula is C29H37N3O5. The first-order chi connectivity index (χ1) is 17.9. The SMILES string of the molecule is CCCCCN1CC=C[C@]23O[C@@H]4C=CCN(Cc5ccccc5)C(=O)[C@@H]4[C@H]2C(=O)N([C@H](C)CO)C3C1=O. The van der Waals surface area contributed by atoms with Crippen molar-refractivity contribution in [2.24, 2.45) is 11.8 Å². The average molecular weight is 508 g/mol. The summed E-state index contributed by atoms with van der Waals surface area (Å²) >= 11 is 0. The molecule has 5 rings (SSSR count). The van der Waals surface area contributed by atoms with Crippen LogP contribution in [0, 0.1) is 11.8 Å². The fourth-order valence-corrected chi connectivity index (χ4v) is 6.44. The summed E-state index contributed by atoms with van der Waals surface area (Å²) in [7, 11) is 0. The summed E-state index contributed by atoms with van der Waals surface area (Å²) in [5.41, 5.74) is -0.239. The first-order valence-electron chi connectivity index (χ1n) is 13.5. The van der Waals surface area contributed by atoms with E-state index in [9.17, 15) is 19.5 Å². The molecule has 0 aliphatic carbocycles. The van der Waals surface area contributed by atoms with Gasteiger partial charge in [0.15, 0.2) is 0 Å². The Morgan fingerprint density at radius 3 is 2.51 bits per heavy atom. The minimum absolute atomic E-state index is 0.142. The molecule has 8 nitrogen and oxygen atoms in total. The fourth-order valence-electron chi connectivity index (χ4n) is 6.44. The molecule has 8 heteroatoms. The highest BCUT2D eigenvalue weighted by Crippen LogP contribution is 2.54. The molecule has 4 heterocycles. The molecule has 37 heavy (non-hydrogen) atoms. The zero-order chi connectivity index (χ0) is 26.2. The third-order valence-corrected chi connectivity index (χ3v) is 8.25. The second kappa shape index (κ2) is 10.4. The van der Waals surface area contributed by atoms with Crippen molar-refractivity contribution in [2.75, 3.05) is 26.2 Å². The minimum Gasteiger partial charge on any atom is -0.394 e. The van der Waals surface area contributed by atoms with Crippen LogP contribution in [0.15, 0.2) is 54.6 Å². The number of amides is 3. The number of ether oxygens (including phenoxy) is 1. The van der Waals surface area contributed by atoms with Crippen LogP contribution < -0.4 is 0 Å². The Hall–Kier alpha value is -2.97. The van der Waals surface area contributed by atoms with Crippen molar-refractivity contribution < 1.29 is 24.2 Å². The molecule has 198 valence electrons. The second-order valence-corrected chi connectivity index (χ2v) is 10.6. The van der Waals surface area contributed by atoms with E-state index in [0.29, 0.717) is 26.2 Å². The summed E-state index contributed by atoms with van der Waals surface area (Å²) in [5, 5.41) is 10.0. The number of unbranched alkanes of at least 4 members (excludes halogenated alkanes) is 2. The molecule has 3 amide bonds. The number of carbonyl (C=O) groups excluding carboxylic acids is 3. The predicted octanol–water partition coefficient (Wildman–Crippen LogP) is 2.14. The van der Waals surface area contributed by atoms with Gasteiger partial charge in [0.05, 0.1) is 30.6 Å². The maximum absolute atomic E-state index is 14.1. The maximum Gasteiger partial charge on any atom is 0.249 e. The van der Waals surface area contributed by atoms with Crippen LogP contribution in [0.25, 0.3) is 0 Å². The lowest BCUT2D eigenvalue weighted by Crippen LogP contribution is -2.57. The van der Waals surface area contributed by atoms with Crippen molar-refractivity contribution in [3.05, 3.63) is 60.2 Å². The molecule has 0 radical (unpaired) electrons. The van der Waals surface area contributed by atoms with Gasteiger partial charge in [-0.1, -0.05) is 74.4 Å². The Balaban J connectivity index is 1.52. The molecule has 1 spiro atoms. The maximum atomic E-state index is 14.1. The normalized spacial score (nSPS) is 31.8. The quantitative estimate of drug-likeness (QED) is 0.430. The second-order valence-electron chi connectivity index (χ2n) is 10.6. The van der Waals surface area contributed by atoms with E-state index in [1.165, 1.54) is 4.90 Å². The fraction of sp³-hybridized carbons (Fsp3) is 0.552. The summed E-state index contributed by atoms with van der Waals surface area (Å²) in [6.07, 6.45) is 9.92. The van der Waals surface area contributed by atoms with Crippen molar-refractivity contribution in [1.82, 2.24) is 14.7 Å². The monoisotopic (exact) mass is 507 g/mol. The number of hydrogen-bond donors (Lipinski definition) is 1. The molecule has 6 atom stereocenters. The number of aliphatic hydroxyl groups excluding tert-OH is 1. The average Bonchev–Trinajstić information content (AvgIpc) is 3.24. The molecule has 4 aliphatic rings. The van der Waals surface area contributed by atoms with Gasteiger partial charge in [-0.05, 0) is 18.9 Å². The lowest BCUT2D eigenvalue weighted by Gasteiger charge is -2.37. The lowest BCUT2D eigenvalue weighted by atomic mass is 9.77. The van der Waals surface area contributed by atoms with Gasteiger partial charge in [0.25, 0.3) is 0 Å². The number of nitrogens with zero attached hydrogens (tertiary/aromatic N) is 3. The van der Waals surface area contributed by atoms with Crippen LogP contribution in [0.5, 0.6) is 0 Å². The van der Waals surface area contributed by atoms with Crippen LogP contribution in [0.4, 0.5) is 0 Å². The summed E-state index contributed by atoms with van der Waals surface area (Å²) in [5.74, 6) is -2.18. The van der Waals surface area contributed by atoms with E-state index in [4.69, 9.17) is 4.74 Å². The third-order valence-electron chi connectivity index (χ3n) is 8.25. The highest BCUT2D eigenvalue weighted by molar-refractivity contribution is 6.00.